The SMILES string of the molecule is CCOC(=O)c1c(NC(=O)C=Cc2ccc(OCCC(C)C)c(OC)c2)sc2c1C(C)CCC2. The third-order valence-corrected chi connectivity index (χ3v) is 7.02. The lowest BCUT2D eigenvalue weighted by molar-refractivity contribution is -0.111. The summed E-state index contributed by atoms with van der Waals surface area (Å²) in [6.45, 7) is 9.14. The Bertz CT molecular complexity index is 1040. The van der Waals surface area contributed by atoms with E-state index in [1.54, 1.807) is 20.1 Å². The quantitative estimate of drug-likeness (QED) is 0.309. The van der Waals surface area contributed by atoms with Gasteiger partial charge in [-0.05, 0) is 73.8 Å². The number of hydrogen-bond acceptors (Lipinski definition) is 6. The van der Waals surface area contributed by atoms with Crippen LogP contribution in [0.3, 0.4) is 0 Å². The zero-order valence-electron chi connectivity index (χ0n) is 20.7. The van der Waals surface area contributed by atoms with Gasteiger partial charge in [-0.3, -0.25) is 4.79 Å². The molecule has 0 aliphatic heterocycles. The highest BCUT2D eigenvalue weighted by Crippen LogP contribution is 2.43. The van der Waals surface area contributed by atoms with Crippen LogP contribution < -0.4 is 14.8 Å². The van der Waals surface area contributed by atoms with Gasteiger partial charge in [-0.1, -0.05) is 26.8 Å². The zero-order chi connectivity index (χ0) is 24.7. The number of fused-ring (bicyclic) bond motifs is 1. The fraction of sp³-hybridized carbons (Fsp3) is 0.481. The van der Waals surface area contributed by atoms with Crippen LogP contribution in [0.1, 0.15) is 79.2 Å². The molecule has 0 radical (unpaired) electrons. The van der Waals surface area contributed by atoms with Crippen molar-refractivity contribution in [3.05, 3.63) is 45.8 Å². The van der Waals surface area contributed by atoms with E-state index in [-0.39, 0.29) is 17.8 Å². The molecule has 0 saturated heterocycles. The van der Waals surface area contributed by atoms with Gasteiger partial charge >= 0.3 is 5.97 Å². The van der Waals surface area contributed by atoms with Crippen molar-refractivity contribution in [3.8, 4) is 11.5 Å². The molecule has 3 rings (SSSR count). The van der Waals surface area contributed by atoms with Crippen LogP contribution >= 0.6 is 11.3 Å². The monoisotopic (exact) mass is 485 g/mol. The fourth-order valence-electron chi connectivity index (χ4n) is 4.04. The minimum Gasteiger partial charge on any atom is -0.493 e. The molecule has 7 heteroatoms. The molecule has 1 aliphatic rings. The van der Waals surface area contributed by atoms with E-state index in [2.05, 4.69) is 26.1 Å². The van der Waals surface area contributed by atoms with Gasteiger partial charge in [0.2, 0.25) is 5.91 Å². The van der Waals surface area contributed by atoms with Crippen molar-refractivity contribution in [1.82, 2.24) is 0 Å². The molecule has 1 atom stereocenters. The number of esters is 1. The molecule has 0 spiro atoms. The van der Waals surface area contributed by atoms with E-state index >= 15 is 0 Å². The maximum Gasteiger partial charge on any atom is 0.341 e. The number of hydrogen-bond donors (Lipinski definition) is 1. The summed E-state index contributed by atoms with van der Waals surface area (Å²) in [5, 5.41) is 3.48. The second kappa shape index (κ2) is 12.1. The number of carbonyl (C=O) groups is 2. The van der Waals surface area contributed by atoms with Crippen molar-refractivity contribution in [2.45, 2.75) is 59.3 Å². The first-order valence-electron chi connectivity index (χ1n) is 12.0. The largest absolute Gasteiger partial charge is 0.493 e. The van der Waals surface area contributed by atoms with E-state index in [0.29, 0.717) is 41.2 Å². The van der Waals surface area contributed by atoms with Crippen LogP contribution in [0, 0.1) is 5.92 Å². The maximum absolute atomic E-state index is 12.7. The summed E-state index contributed by atoms with van der Waals surface area (Å²) >= 11 is 1.48. The van der Waals surface area contributed by atoms with Crippen LogP contribution in [0.15, 0.2) is 24.3 Å². The number of ether oxygens (including phenoxy) is 3. The molecule has 1 amide bonds. The highest BCUT2D eigenvalue weighted by atomic mass is 32.1. The van der Waals surface area contributed by atoms with Gasteiger partial charge in [0.25, 0.3) is 0 Å². The summed E-state index contributed by atoms with van der Waals surface area (Å²) in [7, 11) is 1.60. The number of amides is 1. The van der Waals surface area contributed by atoms with E-state index in [1.807, 2.05) is 18.2 Å². The highest BCUT2D eigenvalue weighted by Gasteiger charge is 2.30. The molecule has 34 heavy (non-hydrogen) atoms. The molecular weight excluding hydrogens is 450 g/mol. The normalized spacial score (nSPS) is 15.3. The van der Waals surface area contributed by atoms with E-state index in [9.17, 15) is 9.59 Å². The molecule has 0 saturated carbocycles. The van der Waals surface area contributed by atoms with Gasteiger partial charge in [0.15, 0.2) is 11.5 Å². The molecular formula is C27H35NO5S. The molecule has 1 N–H and O–H groups in total. The number of nitrogens with one attached hydrogen (secondary N) is 1. The van der Waals surface area contributed by atoms with Crippen LogP contribution in [0.2, 0.25) is 0 Å². The lowest BCUT2D eigenvalue weighted by Gasteiger charge is -2.19. The van der Waals surface area contributed by atoms with Crippen molar-refractivity contribution in [3.63, 3.8) is 0 Å². The van der Waals surface area contributed by atoms with Crippen LogP contribution in [0.4, 0.5) is 5.00 Å². The summed E-state index contributed by atoms with van der Waals surface area (Å²) in [5.74, 6) is 1.47. The third-order valence-electron chi connectivity index (χ3n) is 5.84. The summed E-state index contributed by atoms with van der Waals surface area (Å²) in [6, 6.07) is 5.57. The number of carbonyl (C=O) groups excluding carboxylic acids is 2. The van der Waals surface area contributed by atoms with Crippen molar-refractivity contribution in [2.24, 2.45) is 5.92 Å². The fourth-order valence-corrected chi connectivity index (χ4v) is 5.40. The van der Waals surface area contributed by atoms with Crippen LogP contribution in [0.5, 0.6) is 11.5 Å². The van der Waals surface area contributed by atoms with E-state index in [4.69, 9.17) is 14.2 Å². The van der Waals surface area contributed by atoms with Crippen LogP contribution in [0.25, 0.3) is 6.08 Å². The van der Waals surface area contributed by atoms with Gasteiger partial charge in [-0.2, -0.15) is 0 Å². The molecule has 0 bridgehead atoms. The lowest BCUT2D eigenvalue weighted by atomic mass is 9.86. The Balaban J connectivity index is 1.74. The number of aryl methyl sites for hydroxylation is 1. The standard InChI is InChI=1S/C27H35NO5S/c1-6-32-27(30)25-24-18(4)8-7-9-22(24)34-26(25)28-23(29)13-11-19-10-12-20(21(16-19)31-5)33-15-14-17(2)3/h10-13,16-18H,6-9,14-15H2,1-5H3,(H,28,29). The maximum atomic E-state index is 12.7. The first-order chi connectivity index (χ1) is 16.3. The van der Waals surface area contributed by atoms with E-state index in [0.717, 1.165) is 36.8 Å². The third kappa shape index (κ3) is 6.41. The van der Waals surface area contributed by atoms with Gasteiger partial charge < -0.3 is 19.5 Å². The van der Waals surface area contributed by atoms with Gasteiger partial charge in [0.05, 0.1) is 25.9 Å². The first kappa shape index (κ1) is 25.8. The second-order valence-electron chi connectivity index (χ2n) is 8.92. The summed E-state index contributed by atoms with van der Waals surface area (Å²) < 4.78 is 16.6. The highest BCUT2D eigenvalue weighted by molar-refractivity contribution is 7.17. The Morgan fingerprint density at radius 1 is 1.26 bits per heavy atom. The minimum absolute atomic E-state index is 0.273. The Labute approximate surface area is 206 Å². The number of rotatable bonds is 10. The molecule has 1 aromatic heterocycles. The second-order valence-corrected chi connectivity index (χ2v) is 10.0. The first-order valence-corrected chi connectivity index (χ1v) is 12.8. The van der Waals surface area contributed by atoms with Gasteiger partial charge in [-0.25, -0.2) is 4.79 Å². The average molecular weight is 486 g/mol. The number of anilines is 1. The Hall–Kier alpha value is -2.80. The smallest absolute Gasteiger partial charge is 0.341 e. The lowest BCUT2D eigenvalue weighted by Crippen LogP contribution is -2.15. The summed E-state index contributed by atoms with van der Waals surface area (Å²) in [6.07, 6.45) is 7.18. The van der Waals surface area contributed by atoms with Crippen LogP contribution in [-0.4, -0.2) is 32.2 Å². The molecule has 184 valence electrons. The molecule has 1 aliphatic carbocycles. The Morgan fingerprint density at radius 2 is 2.06 bits per heavy atom. The van der Waals surface area contributed by atoms with Crippen molar-refractivity contribution in [1.29, 1.82) is 0 Å². The molecule has 6 nitrogen and oxygen atoms in total. The Morgan fingerprint density at radius 3 is 2.76 bits per heavy atom. The molecule has 1 aromatic carbocycles. The molecule has 2 aromatic rings. The number of methoxy groups -OCH3 is 1. The minimum atomic E-state index is -0.370. The van der Waals surface area contributed by atoms with Gasteiger partial charge in [-0.15, -0.1) is 11.3 Å². The van der Waals surface area contributed by atoms with Crippen molar-refractivity contribution >= 4 is 34.3 Å². The average Bonchev–Trinajstić information content (AvgIpc) is 3.17. The molecule has 1 unspecified atom stereocenters. The summed E-state index contributed by atoms with van der Waals surface area (Å²) in [4.78, 5) is 26.6. The van der Waals surface area contributed by atoms with E-state index in [1.165, 1.54) is 22.3 Å². The van der Waals surface area contributed by atoms with Crippen molar-refractivity contribution in [2.75, 3.05) is 25.6 Å². The molecule has 1 heterocycles. The zero-order valence-corrected chi connectivity index (χ0v) is 21.6. The van der Waals surface area contributed by atoms with Gasteiger partial charge in [0.1, 0.15) is 5.00 Å². The summed E-state index contributed by atoms with van der Waals surface area (Å²) in [5.41, 5.74) is 2.36. The predicted octanol–water partition coefficient (Wildman–Crippen LogP) is 6.45. The Kier molecular flexibility index (Phi) is 9.16. The van der Waals surface area contributed by atoms with Crippen LogP contribution in [-0.2, 0) is 16.0 Å². The molecule has 0 fully saturated rings. The number of thiophene rings is 1. The van der Waals surface area contributed by atoms with Gasteiger partial charge in [0, 0.05) is 11.0 Å². The number of benzene rings is 1. The predicted molar refractivity (Wildman–Crippen MR) is 137 cm³/mol. The topological polar surface area (TPSA) is 73.9 Å². The van der Waals surface area contributed by atoms with E-state index < -0.39 is 0 Å². The van der Waals surface area contributed by atoms with Crippen molar-refractivity contribution < 1.29 is 23.8 Å².